The van der Waals surface area contributed by atoms with Crippen molar-refractivity contribution in [2.75, 3.05) is 13.2 Å². The second-order valence-corrected chi connectivity index (χ2v) is 3.30. The first-order valence-corrected chi connectivity index (χ1v) is 4.72. The molecule has 1 rings (SSSR count). The Morgan fingerprint density at radius 3 is 3.00 bits per heavy atom. The Morgan fingerprint density at radius 1 is 1.57 bits per heavy atom. The van der Waals surface area contributed by atoms with Gasteiger partial charge in [-0.1, -0.05) is 0 Å². The van der Waals surface area contributed by atoms with E-state index < -0.39 is 0 Å². The molecule has 80 valence electrons. The highest BCUT2D eigenvalue weighted by molar-refractivity contribution is 5.03. The Balaban J connectivity index is 2.35. The van der Waals surface area contributed by atoms with Gasteiger partial charge in [0.1, 0.15) is 0 Å². The first-order valence-electron chi connectivity index (χ1n) is 4.72. The summed E-state index contributed by atoms with van der Waals surface area (Å²) in [5.74, 6) is 0. The van der Waals surface area contributed by atoms with E-state index in [-0.39, 0.29) is 19.3 Å². The highest BCUT2D eigenvalue weighted by atomic mass is 16.3. The molecule has 1 unspecified atom stereocenters. The Kier molecular flexibility index (Phi) is 4.58. The molecule has 0 aromatic carbocycles. The molecule has 0 amide bonds. The number of nitrogens with zero attached hydrogens (tertiary/aromatic N) is 2. The van der Waals surface area contributed by atoms with Gasteiger partial charge in [-0.15, -0.1) is 0 Å². The van der Waals surface area contributed by atoms with Crippen LogP contribution in [0.5, 0.6) is 0 Å². The van der Waals surface area contributed by atoms with Crippen LogP contribution in [0.3, 0.4) is 0 Å². The summed E-state index contributed by atoms with van der Waals surface area (Å²) in [6.07, 6.45) is 3.64. The lowest BCUT2D eigenvalue weighted by molar-refractivity contribution is 0.251. The number of aliphatic hydroxyl groups is 2. The van der Waals surface area contributed by atoms with Gasteiger partial charge < -0.3 is 15.5 Å². The van der Waals surface area contributed by atoms with Gasteiger partial charge >= 0.3 is 0 Å². The van der Waals surface area contributed by atoms with Crippen molar-refractivity contribution in [2.45, 2.75) is 26.1 Å². The average Bonchev–Trinajstić information content (AvgIpc) is 2.63. The van der Waals surface area contributed by atoms with E-state index in [4.69, 9.17) is 10.2 Å². The fourth-order valence-electron chi connectivity index (χ4n) is 1.08. The molecule has 1 aromatic heterocycles. The van der Waals surface area contributed by atoms with Crippen molar-refractivity contribution >= 4 is 0 Å². The van der Waals surface area contributed by atoms with Crippen LogP contribution in [0.15, 0.2) is 12.4 Å². The van der Waals surface area contributed by atoms with E-state index in [0.717, 1.165) is 5.56 Å². The zero-order chi connectivity index (χ0) is 10.4. The molecule has 0 fully saturated rings. The van der Waals surface area contributed by atoms with E-state index in [0.29, 0.717) is 13.1 Å². The number of hydrogen-bond donors (Lipinski definition) is 3. The number of aliphatic hydroxyl groups excluding tert-OH is 2. The molecular weight excluding hydrogens is 182 g/mol. The molecule has 0 radical (unpaired) electrons. The van der Waals surface area contributed by atoms with Gasteiger partial charge in [0.05, 0.1) is 26.0 Å². The molecule has 3 N–H and O–H groups in total. The normalized spacial score (nSPS) is 13.1. The van der Waals surface area contributed by atoms with Gasteiger partial charge in [0.25, 0.3) is 0 Å². The summed E-state index contributed by atoms with van der Waals surface area (Å²) in [6, 6.07) is 0.0937. The summed E-state index contributed by atoms with van der Waals surface area (Å²) in [5, 5.41) is 24.7. The van der Waals surface area contributed by atoms with Gasteiger partial charge in [0.15, 0.2) is 0 Å². The van der Waals surface area contributed by atoms with E-state index in [9.17, 15) is 0 Å². The lowest BCUT2D eigenvalue weighted by Crippen LogP contribution is -2.28. The minimum absolute atomic E-state index is 0.0937. The Morgan fingerprint density at radius 2 is 2.36 bits per heavy atom. The van der Waals surface area contributed by atoms with Gasteiger partial charge in [0.2, 0.25) is 0 Å². The number of rotatable bonds is 6. The lowest BCUT2D eigenvalue weighted by Gasteiger charge is -2.08. The summed E-state index contributed by atoms with van der Waals surface area (Å²) < 4.78 is 1.70. The summed E-state index contributed by atoms with van der Waals surface area (Å²) in [4.78, 5) is 0. The maximum absolute atomic E-state index is 8.79. The first-order chi connectivity index (χ1) is 6.76. The van der Waals surface area contributed by atoms with Crippen molar-refractivity contribution in [3.63, 3.8) is 0 Å². The molecule has 1 atom stereocenters. The molecule has 0 aliphatic carbocycles. The van der Waals surface area contributed by atoms with Crippen LogP contribution < -0.4 is 5.32 Å². The molecule has 14 heavy (non-hydrogen) atoms. The zero-order valence-electron chi connectivity index (χ0n) is 8.35. The monoisotopic (exact) mass is 199 g/mol. The third-order valence-corrected chi connectivity index (χ3v) is 1.94. The topological polar surface area (TPSA) is 70.3 Å². The summed E-state index contributed by atoms with van der Waals surface area (Å²) >= 11 is 0. The highest BCUT2D eigenvalue weighted by Gasteiger charge is 2.01. The molecular formula is C9H17N3O2. The van der Waals surface area contributed by atoms with Crippen LogP contribution >= 0.6 is 0 Å². The minimum Gasteiger partial charge on any atom is -0.395 e. The van der Waals surface area contributed by atoms with Gasteiger partial charge in [-0.2, -0.15) is 5.10 Å². The van der Waals surface area contributed by atoms with Gasteiger partial charge in [0, 0.05) is 24.3 Å². The molecule has 0 saturated carbocycles. The molecule has 0 aliphatic rings. The van der Waals surface area contributed by atoms with Crippen LogP contribution in [0.1, 0.15) is 12.5 Å². The maximum Gasteiger partial charge on any atom is 0.0640 e. The van der Waals surface area contributed by atoms with Gasteiger partial charge in [-0.25, -0.2) is 0 Å². The van der Waals surface area contributed by atoms with E-state index in [1.54, 1.807) is 10.9 Å². The second kappa shape index (κ2) is 5.74. The number of nitrogens with one attached hydrogen (secondary N) is 1. The lowest BCUT2D eigenvalue weighted by atomic mass is 10.3. The summed E-state index contributed by atoms with van der Waals surface area (Å²) in [7, 11) is 0. The molecule has 5 heteroatoms. The Labute approximate surface area is 83.4 Å². The quantitative estimate of drug-likeness (QED) is 0.569. The van der Waals surface area contributed by atoms with E-state index in [1.165, 1.54) is 0 Å². The Bertz CT molecular complexity index is 262. The average molecular weight is 199 g/mol. The van der Waals surface area contributed by atoms with Crippen LogP contribution in [0.2, 0.25) is 0 Å². The van der Waals surface area contributed by atoms with Crippen molar-refractivity contribution in [3.8, 4) is 0 Å². The Hall–Kier alpha value is -0.910. The first kappa shape index (κ1) is 11.2. The van der Waals surface area contributed by atoms with Crippen molar-refractivity contribution in [3.05, 3.63) is 18.0 Å². The summed E-state index contributed by atoms with van der Waals surface area (Å²) in [5.41, 5.74) is 1.05. The molecule has 0 saturated heterocycles. The predicted octanol–water partition coefficient (Wildman–Crippen LogP) is -0.654. The third kappa shape index (κ3) is 3.45. The molecule has 1 aromatic rings. The maximum atomic E-state index is 8.79. The molecule has 0 spiro atoms. The molecule has 1 heterocycles. The fourth-order valence-corrected chi connectivity index (χ4v) is 1.08. The summed E-state index contributed by atoms with van der Waals surface area (Å²) in [6.45, 7) is 3.35. The molecule has 5 nitrogen and oxygen atoms in total. The number of hydrogen-bond acceptors (Lipinski definition) is 4. The highest BCUT2D eigenvalue weighted by Crippen LogP contribution is 1.97. The van der Waals surface area contributed by atoms with Crippen molar-refractivity contribution in [1.29, 1.82) is 0 Å². The van der Waals surface area contributed by atoms with Gasteiger partial charge in [-0.05, 0) is 6.92 Å². The SMILES string of the molecule is CC(CO)NCc1cnn(CCO)c1. The van der Waals surface area contributed by atoms with Crippen molar-refractivity contribution in [2.24, 2.45) is 0 Å². The van der Waals surface area contributed by atoms with Crippen molar-refractivity contribution in [1.82, 2.24) is 15.1 Å². The van der Waals surface area contributed by atoms with Crippen LogP contribution in [-0.2, 0) is 13.1 Å². The molecule has 0 aliphatic heterocycles. The van der Waals surface area contributed by atoms with E-state index >= 15 is 0 Å². The predicted molar refractivity (Wildman–Crippen MR) is 52.7 cm³/mol. The van der Waals surface area contributed by atoms with E-state index in [2.05, 4.69) is 10.4 Å². The van der Waals surface area contributed by atoms with Gasteiger partial charge in [-0.3, -0.25) is 4.68 Å². The second-order valence-electron chi connectivity index (χ2n) is 3.30. The smallest absolute Gasteiger partial charge is 0.0640 e. The van der Waals surface area contributed by atoms with Crippen LogP contribution in [0, 0.1) is 0 Å². The van der Waals surface area contributed by atoms with Crippen LogP contribution in [0.4, 0.5) is 0 Å². The van der Waals surface area contributed by atoms with Crippen LogP contribution in [0.25, 0.3) is 0 Å². The van der Waals surface area contributed by atoms with Crippen LogP contribution in [-0.4, -0.2) is 39.2 Å². The largest absolute Gasteiger partial charge is 0.395 e. The van der Waals surface area contributed by atoms with E-state index in [1.807, 2.05) is 13.1 Å². The fraction of sp³-hybridized carbons (Fsp3) is 0.667. The zero-order valence-corrected chi connectivity index (χ0v) is 8.35. The third-order valence-electron chi connectivity index (χ3n) is 1.94. The van der Waals surface area contributed by atoms with Crippen molar-refractivity contribution < 1.29 is 10.2 Å². The minimum atomic E-state index is 0.0937. The standard InChI is InChI=1S/C9H17N3O2/c1-8(7-14)10-4-9-5-11-12(6-9)2-3-13/h5-6,8,10,13-14H,2-4,7H2,1H3. The molecule has 0 bridgehead atoms. The number of aromatic nitrogens is 2.